The fourth-order valence-corrected chi connectivity index (χ4v) is 2.63. The number of rotatable bonds is 5. The van der Waals surface area contributed by atoms with Crippen LogP contribution in [0.4, 0.5) is 0 Å². The zero-order valence-electron chi connectivity index (χ0n) is 11.8. The van der Waals surface area contributed by atoms with Gasteiger partial charge in [-0.3, -0.25) is 4.79 Å². The molecule has 0 aliphatic rings. The summed E-state index contributed by atoms with van der Waals surface area (Å²) in [6, 6.07) is 3.28. The van der Waals surface area contributed by atoms with Crippen LogP contribution in [0.25, 0.3) is 0 Å². The molecule has 106 valence electrons. The number of nitrogens with one attached hydrogen (secondary N) is 1. The number of ether oxygens (including phenoxy) is 1. The van der Waals surface area contributed by atoms with Crippen LogP contribution in [0.15, 0.2) is 18.3 Å². The second-order valence-electron chi connectivity index (χ2n) is 4.34. The van der Waals surface area contributed by atoms with Crippen LogP contribution >= 0.6 is 11.3 Å². The van der Waals surface area contributed by atoms with Gasteiger partial charge in [-0.15, -0.1) is 11.3 Å². The molecule has 0 aliphatic heterocycles. The number of thiazole rings is 1. The lowest BCUT2D eigenvalue weighted by Crippen LogP contribution is -2.25. The summed E-state index contributed by atoms with van der Waals surface area (Å²) in [6.07, 6.45) is 2.30. The highest BCUT2D eigenvalue weighted by Crippen LogP contribution is 2.16. The second kappa shape index (κ2) is 6.47. The third kappa shape index (κ3) is 3.54. The number of aromatic nitrogens is 2. The van der Waals surface area contributed by atoms with Crippen molar-refractivity contribution in [3.63, 3.8) is 0 Å². The molecule has 0 spiro atoms. The number of hydrogen-bond donors (Lipinski definition) is 1. The molecule has 0 aliphatic carbocycles. The Morgan fingerprint density at radius 2 is 2.25 bits per heavy atom. The summed E-state index contributed by atoms with van der Waals surface area (Å²) in [5, 5.41) is 3.92. The first-order valence-corrected chi connectivity index (χ1v) is 7.13. The van der Waals surface area contributed by atoms with Crippen LogP contribution in [-0.4, -0.2) is 29.5 Å². The van der Waals surface area contributed by atoms with Crippen LogP contribution in [-0.2, 0) is 6.42 Å². The predicted molar refractivity (Wildman–Crippen MR) is 78.4 cm³/mol. The van der Waals surface area contributed by atoms with Gasteiger partial charge < -0.3 is 10.1 Å². The molecule has 2 heterocycles. The van der Waals surface area contributed by atoms with Gasteiger partial charge in [0, 0.05) is 35.7 Å². The summed E-state index contributed by atoms with van der Waals surface area (Å²) in [7, 11) is 1.52. The van der Waals surface area contributed by atoms with Crippen molar-refractivity contribution in [2.24, 2.45) is 0 Å². The Bertz CT molecular complexity index is 591. The van der Waals surface area contributed by atoms with Crippen molar-refractivity contribution < 1.29 is 9.53 Å². The van der Waals surface area contributed by atoms with Crippen LogP contribution in [0.3, 0.4) is 0 Å². The van der Waals surface area contributed by atoms with E-state index in [0.29, 0.717) is 18.0 Å². The highest BCUT2D eigenvalue weighted by Gasteiger charge is 2.08. The van der Waals surface area contributed by atoms with Crippen LogP contribution in [0, 0.1) is 13.8 Å². The lowest BCUT2D eigenvalue weighted by molar-refractivity contribution is 0.0953. The van der Waals surface area contributed by atoms with Crippen LogP contribution in [0.1, 0.15) is 25.9 Å². The van der Waals surface area contributed by atoms with E-state index in [1.54, 1.807) is 29.7 Å². The van der Waals surface area contributed by atoms with Gasteiger partial charge in [0.2, 0.25) is 5.88 Å². The van der Waals surface area contributed by atoms with Crippen molar-refractivity contribution in [3.8, 4) is 5.88 Å². The van der Waals surface area contributed by atoms with Crippen molar-refractivity contribution in [3.05, 3.63) is 39.5 Å². The summed E-state index contributed by atoms with van der Waals surface area (Å²) < 4.78 is 5.00. The molecule has 0 fully saturated rings. The number of aryl methyl sites for hydroxylation is 2. The van der Waals surface area contributed by atoms with E-state index >= 15 is 0 Å². The van der Waals surface area contributed by atoms with Crippen molar-refractivity contribution in [1.29, 1.82) is 0 Å². The van der Waals surface area contributed by atoms with E-state index in [1.165, 1.54) is 12.0 Å². The van der Waals surface area contributed by atoms with E-state index in [2.05, 4.69) is 22.2 Å². The molecule has 1 N–H and O–H groups in total. The van der Waals surface area contributed by atoms with Gasteiger partial charge in [0.1, 0.15) is 0 Å². The van der Waals surface area contributed by atoms with E-state index in [-0.39, 0.29) is 5.91 Å². The van der Waals surface area contributed by atoms with Crippen molar-refractivity contribution >= 4 is 17.2 Å². The normalized spacial score (nSPS) is 10.3. The average Bonchev–Trinajstić information content (AvgIpc) is 2.77. The number of amides is 1. The largest absolute Gasteiger partial charge is 0.481 e. The number of pyridine rings is 1. The summed E-state index contributed by atoms with van der Waals surface area (Å²) in [4.78, 5) is 21.6. The Labute approximate surface area is 122 Å². The maximum Gasteiger partial charge on any atom is 0.251 e. The van der Waals surface area contributed by atoms with Gasteiger partial charge in [-0.1, -0.05) is 0 Å². The van der Waals surface area contributed by atoms with Gasteiger partial charge in [-0.2, -0.15) is 0 Å². The van der Waals surface area contributed by atoms with Crippen LogP contribution in [0.2, 0.25) is 0 Å². The smallest absolute Gasteiger partial charge is 0.251 e. The van der Waals surface area contributed by atoms with Crippen LogP contribution in [0.5, 0.6) is 5.88 Å². The number of carbonyl (C=O) groups is 1. The Morgan fingerprint density at radius 1 is 1.45 bits per heavy atom. The average molecular weight is 291 g/mol. The fraction of sp³-hybridized carbons (Fsp3) is 0.357. The zero-order valence-corrected chi connectivity index (χ0v) is 12.6. The Kier molecular flexibility index (Phi) is 4.68. The molecule has 20 heavy (non-hydrogen) atoms. The third-order valence-corrected chi connectivity index (χ3v) is 4.04. The molecular weight excluding hydrogens is 274 g/mol. The van der Waals surface area contributed by atoms with E-state index < -0.39 is 0 Å². The van der Waals surface area contributed by atoms with Gasteiger partial charge >= 0.3 is 0 Å². The number of carbonyl (C=O) groups excluding carboxylic acids is 1. The zero-order chi connectivity index (χ0) is 14.5. The minimum Gasteiger partial charge on any atom is -0.481 e. The summed E-state index contributed by atoms with van der Waals surface area (Å²) in [5.41, 5.74) is 1.61. The van der Waals surface area contributed by atoms with Crippen molar-refractivity contribution in [2.75, 3.05) is 13.7 Å². The Balaban J connectivity index is 1.88. The first-order chi connectivity index (χ1) is 9.60. The number of hydrogen-bond acceptors (Lipinski definition) is 5. The molecule has 0 saturated heterocycles. The van der Waals surface area contributed by atoms with Gasteiger partial charge in [0.15, 0.2) is 0 Å². The SMILES string of the molecule is COc1cc(C(=O)NCCc2nc(C)c(C)s2)ccn1. The lowest BCUT2D eigenvalue weighted by atomic mass is 10.2. The summed E-state index contributed by atoms with van der Waals surface area (Å²) in [6.45, 7) is 4.62. The molecule has 6 heteroatoms. The molecule has 0 atom stereocenters. The van der Waals surface area contributed by atoms with Gasteiger partial charge in [-0.05, 0) is 19.9 Å². The maximum atomic E-state index is 12.0. The molecule has 1 amide bonds. The first-order valence-electron chi connectivity index (χ1n) is 6.31. The topological polar surface area (TPSA) is 64.1 Å². The highest BCUT2D eigenvalue weighted by molar-refractivity contribution is 7.11. The Morgan fingerprint density at radius 3 is 2.90 bits per heavy atom. The van der Waals surface area contributed by atoms with Gasteiger partial charge in [-0.25, -0.2) is 9.97 Å². The second-order valence-corrected chi connectivity index (χ2v) is 5.63. The molecule has 0 saturated carbocycles. The van der Waals surface area contributed by atoms with Crippen molar-refractivity contribution in [1.82, 2.24) is 15.3 Å². The molecule has 0 aromatic carbocycles. The van der Waals surface area contributed by atoms with Crippen LogP contribution < -0.4 is 10.1 Å². The quantitative estimate of drug-likeness (QED) is 0.916. The predicted octanol–water partition coefficient (Wildman–Crippen LogP) is 2.14. The molecule has 0 radical (unpaired) electrons. The summed E-state index contributed by atoms with van der Waals surface area (Å²) in [5.74, 6) is 0.305. The molecule has 0 unspecified atom stereocenters. The van der Waals surface area contributed by atoms with E-state index in [0.717, 1.165) is 17.1 Å². The van der Waals surface area contributed by atoms with Gasteiger partial charge in [0.25, 0.3) is 5.91 Å². The highest BCUT2D eigenvalue weighted by atomic mass is 32.1. The van der Waals surface area contributed by atoms with E-state index in [4.69, 9.17) is 4.74 Å². The minimum absolute atomic E-state index is 0.129. The third-order valence-electron chi connectivity index (χ3n) is 2.90. The standard InChI is InChI=1S/C14H17N3O2S/c1-9-10(2)20-13(17-9)5-7-16-14(18)11-4-6-15-12(8-11)19-3/h4,6,8H,5,7H2,1-3H3,(H,16,18). The number of methoxy groups -OCH3 is 1. The molecule has 2 aromatic heterocycles. The molecule has 2 aromatic rings. The minimum atomic E-state index is -0.129. The number of nitrogens with zero attached hydrogens (tertiary/aromatic N) is 2. The monoisotopic (exact) mass is 291 g/mol. The molecule has 5 nitrogen and oxygen atoms in total. The van der Waals surface area contributed by atoms with Gasteiger partial charge in [0.05, 0.1) is 17.8 Å². The first kappa shape index (κ1) is 14.5. The van der Waals surface area contributed by atoms with Crippen molar-refractivity contribution in [2.45, 2.75) is 20.3 Å². The summed E-state index contributed by atoms with van der Waals surface area (Å²) >= 11 is 1.68. The fourth-order valence-electron chi connectivity index (χ4n) is 1.69. The van der Waals surface area contributed by atoms with E-state index in [9.17, 15) is 4.79 Å². The van der Waals surface area contributed by atoms with E-state index in [1.807, 2.05) is 6.92 Å². The maximum absolute atomic E-state index is 12.0. The Hall–Kier alpha value is -1.95. The molecular formula is C14H17N3O2S. The lowest BCUT2D eigenvalue weighted by Gasteiger charge is -2.05. The molecule has 2 rings (SSSR count). The molecule has 0 bridgehead atoms.